The van der Waals surface area contributed by atoms with Crippen LogP contribution in [0.3, 0.4) is 0 Å². The van der Waals surface area contributed by atoms with Crippen molar-refractivity contribution in [1.29, 1.82) is 0 Å². The third-order valence-electron chi connectivity index (χ3n) is 5.36. The van der Waals surface area contributed by atoms with Crippen LogP contribution in [0.25, 0.3) is 28.0 Å². The van der Waals surface area contributed by atoms with Gasteiger partial charge in [-0.15, -0.1) is 11.3 Å². The first kappa shape index (κ1) is 19.9. The van der Waals surface area contributed by atoms with E-state index in [0.717, 1.165) is 11.9 Å². The number of nitrogens with zero attached hydrogens (tertiary/aromatic N) is 7. The molecule has 0 radical (unpaired) electrons. The van der Waals surface area contributed by atoms with E-state index in [4.69, 9.17) is 14.7 Å². The lowest BCUT2D eigenvalue weighted by Gasteiger charge is -2.27. The predicted molar refractivity (Wildman–Crippen MR) is 119 cm³/mol. The standard InChI is InChI=1S/C20H17F2N9OS/c21-11-1-2-12-16(15(11)22)27-13(26-12)7-23-18-17-19(31(9-24-17)14-8-33-10-25-14)29-20(28-18)30-3-5-32-6-4-30/h1-2,8-10H,3-7H2,(H,26,27)(H,23,28,29). The molecule has 1 aromatic carbocycles. The first-order valence-electron chi connectivity index (χ1n) is 10.2. The summed E-state index contributed by atoms with van der Waals surface area (Å²) < 4.78 is 34.8. The molecule has 2 N–H and O–H groups in total. The van der Waals surface area contributed by atoms with Crippen LogP contribution in [0.15, 0.2) is 29.4 Å². The number of benzene rings is 1. The molecule has 0 aliphatic carbocycles. The zero-order chi connectivity index (χ0) is 22.4. The molecule has 1 fully saturated rings. The highest BCUT2D eigenvalue weighted by Crippen LogP contribution is 2.26. The molecule has 1 saturated heterocycles. The monoisotopic (exact) mass is 469 g/mol. The minimum Gasteiger partial charge on any atom is -0.378 e. The van der Waals surface area contributed by atoms with Gasteiger partial charge in [0, 0.05) is 18.5 Å². The van der Waals surface area contributed by atoms with Crippen molar-refractivity contribution in [2.45, 2.75) is 6.54 Å². The Hall–Kier alpha value is -3.71. The van der Waals surface area contributed by atoms with Gasteiger partial charge < -0.3 is 19.9 Å². The van der Waals surface area contributed by atoms with Gasteiger partial charge in [0.2, 0.25) is 5.95 Å². The molecule has 4 aromatic heterocycles. The maximum absolute atomic E-state index is 14.0. The molecule has 10 nitrogen and oxygen atoms in total. The molecule has 0 atom stereocenters. The molecule has 0 bridgehead atoms. The Morgan fingerprint density at radius 2 is 1.97 bits per heavy atom. The number of hydrogen-bond acceptors (Lipinski definition) is 9. The largest absolute Gasteiger partial charge is 0.378 e. The fraction of sp³-hybridized carbons (Fsp3) is 0.250. The average molecular weight is 469 g/mol. The van der Waals surface area contributed by atoms with Gasteiger partial charge >= 0.3 is 0 Å². The van der Waals surface area contributed by atoms with E-state index in [9.17, 15) is 8.78 Å². The second-order valence-corrected chi connectivity index (χ2v) is 8.12. The number of hydrogen-bond donors (Lipinski definition) is 2. The van der Waals surface area contributed by atoms with Crippen LogP contribution in [0.4, 0.5) is 20.5 Å². The summed E-state index contributed by atoms with van der Waals surface area (Å²) in [6.07, 6.45) is 1.65. The number of fused-ring (bicyclic) bond motifs is 2. The van der Waals surface area contributed by atoms with E-state index in [-0.39, 0.29) is 12.1 Å². The Morgan fingerprint density at radius 1 is 1.09 bits per heavy atom. The zero-order valence-corrected chi connectivity index (χ0v) is 17.9. The van der Waals surface area contributed by atoms with Crippen LogP contribution in [-0.2, 0) is 11.3 Å². The Bertz CT molecular complexity index is 1440. The third kappa shape index (κ3) is 3.54. The molecule has 33 heavy (non-hydrogen) atoms. The summed E-state index contributed by atoms with van der Waals surface area (Å²) in [5.41, 5.74) is 3.29. The highest BCUT2D eigenvalue weighted by molar-refractivity contribution is 7.07. The lowest BCUT2D eigenvalue weighted by molar-refractivity contribution is 0.122. The Morgan fingerprint density at radius 3 is 2.79 bits per heavy atom. The summed E-state index contributed by atoms with van der Waals surface area (Å²) in [6, 6.07) is 2.53. The van der Waals surface area contributed by atoms with Crippen molar-refractivity contribution >= 4 is 45.3 Å². The van der Waals surface area contributed by atoms with E-state index in [0.29, 0.717) is 60.6 Å². The average Bonchev–Trinajstić information content (AvgIpc) is 3.60. The third-order valence-corrected chi connectivity index (χ3v) is 5.94. The normalized spacial score (nSPS) is 14.4. The lowest BCUT2D eigenvalue weighted by Crippen LogP contribution is -2.37. The van der Waals surface area contributed by atoms with Crippen LogP contribution >= 0.6 is 11.3 Å². The lowest BCUT2D eigenvalue weighted by atomic mass is 10.3. The number of morpholine rings is 1. The minimum atomic E-state index is -0.976. The first-order valence-corrected chi connectivity index (χ1v) is 11.1. The van der Waals surface area contributed by atoms with Crippen molar-refractivity contribution in [2.24, 2.45) is 0 Å². The van der Waals surface area contributed by atoms with Crippen LogP contribution < -0.4 is 10.2 Å². The van der Waals surface area contributed by atoms with Crippen molar-refractivity contribution < 1.29 is 13.5 Å². The molecule has 1 aliphatic heterocycles. The molecular formula is C20H17F2N9OS. The highest BCUT2D eigenvalue weighted by Gasteiger charge is 2.20. The summed E-state index contributed by atoms with van der Waals surface area (Å²) in [6.45, 7) is 2.73. The second kappa shape index (κ2) is 8.01. The number of ether oxygens (including phenoxy) is 1. The van der Waals surface area contributed by atoms with E-state index in [1.165, 1.54) is 17.4 Å². The number of imidazole rings is 2. The van der Waals surface area contributed by atoms with Gasteiger partial charge in [-0.2, -0.15) is 9.97 Å². The number of H-pyrrole nitrogens is 1. The molecule has 13 heteroatoms. The number of nitrogens with one attached hydrogen (secondary N) is 2. The smallest absolute Gasteiger partial charge is 0.229 e. The van der Waals surface area contributed by atoms with Gasteiger partial charge in [0.05, 0.1) is 30.8 Å². The van der Waals surface area contributed by atoms with Crippen LogP contribution in [-0.4, -0.2) is 60.8 Å². The zero-order valence-electron chi connectivity index (χ0n) is 17.1. The van der Waals surface area contributed by atoms with Crippen LogP contribution in [0.2, 0.25) is 0 Å². The van der Waals surface area contributed by atoms with E-state index < -0.39 is 11.6 Å². The van der Waals surface area contributed by atoms with E-state index in [1.54, 1.807) is 11.8 Å². The van der Waals surface area contributed by atoms with Gasteiger partial charge in [-0.05, 0) is 12.1 Å². The molecule has 0 saturated carbocycles. The number of halogens is 2. The van der Waals surface area contributed by atoms with Gasteiger partial charge in [0.15, 0.2) is 34.4 Å². The van der Waals surface area contributed by atoms with Crippen molar-refractivity contribution in [2.75, 3.05) is 36.5 Å². The predicted octanol–water partition coefficient (Wildman–Crippen LogP) is 2.88. The summed E-state index contributed by atoms with van der Waals surface area (Å²) in [7, 11) is 0. The highest BCUT2D eigenvalue weighted by atomic mass is 32.1. The quantitative estimate of drug-likeness (QED) is 0.404. The summed E-state index contributed by atoms with van der Waals surface area (Å²) >= 11 is 1.48. The van der Waals surface area contributed by atoms with Gasteiger partial charge in [-0.3, -0.25) is 4.57 Å². The van der Waals surface area contributed by atoms with E-state index in [1.807, 2.05) is 14.8 Å². The summed E-state index contributed by atoms with van der Waals surface area (Å²) in [5.74, 6) is 0.290. The van der Waals surface area contributed by atoms with Crippen LogP contribution in [0, 0.1) is 11.6 Å². The van der Waals surface area contributed by atoms with Gasteiger partial charge in [0.1, 0.15) is 17.7 Å². The number of aromatic amines is 1. The number of rotatable bonds is 5. The molecule has 1 aliphatic rings. The molecule has 5 heterocycles. The van der Waals surface area contributed by atoms with Gasteiger partial charge in [-0.1, -0.05) is 0 Å². The Kier molecular flexibility index (Phi) is 4.84. The maximum Gasteiger partial charge on any atom is 0.229 e. The van der Waals surface area contributed by atoms with Gasteiger partial charge in [-0.25, -0.2) is 23.7 Å². The molecule has 0 amide bonds. The molecular weight excluding hydrogens is 452 g/mol. The second-order valence-electron chi connectivity index (χ2n) is 7.40. The van der Waals surface area contributed by atoms with E-state index in [2.05, 4.69) is 25.3 Å². The summed E-state index contributed by atoms with van der Waals surface area (Å²) in [4.78, 5) is 27.6. The Balaban J connectivity index is 1.38. The molecule has 0 spiro atoms. The molecule has 168 valence electrons. The van der Waals surface area contributed by atoms with Gasteiger partial charge in [0.25, 0.3) is 0 Å². The summed E-state index contributed by atoms with van der Waals surface area (Å²) in [5, 5.41) is 5.13. The van der Waals surface area contributed by atoms with Crippen molar-refractivity contribution in [3.05, 3.63) is 46.8 Å². The minimum absolute atomic E-state index is 0.0403. The fourth-order valence-corrected chi connectivity index (χ4v) is 4.25. The van der Waals surface area contributed by atoms with E-state index >= 15 is 0 Å². The van der Waals surface area contributed by atoms with Crippen molar-refractivity contribution in [3.8, 4) is 5.82 Å². The van der Waals surface area contributed by atoms with Crippen LogP contribution in [0.5, 0.6) is 0 Å². The van der Waals surface area contributed by atoms with Crippen LogP contribution in [0.1, 0.15) is 5.82 Å². The van der Waals surface area contributed by atoms with Crippen molar-refractivity contribution in [1.82, 2.24) is 34.5 Å². The molecule has 0 unspecified atom stereocenters. The molecule has 5 aromatic rings. The number of thiazole rings is 1. The maximum atomic E-state index is 14.0. The number of aromatic nitrogens is 7. The number of anilines is 2. The van der Waals surface area contributed by atoms with Crippen molar-refractivity contribution in [3.63, 3.8) is 0 Å². The molecule has 6 rings (SSSR count). The fourth-order valence-electron chi connectivity index (χ4n) is 3.73. The topological polar surface area (TPSA) is 110 Å². The SMILES string of the molecule is Fc1ccc2[nH]c(CNc3nc(N4CCOCC4)nc4c3ncn4-c3cscn3)nc2c1F. The Labute approximate surface area is 189 Å². The first-order chi connectivity index (χ1) is 16.2.